The molecule has 0 bridgehead atoms. The number of piperidine rings is 1. The highest BCUT2D eigenvalue weighted by atomic mass is 19.3. The van der Waals surface area contributed by atoms with Crippen LogP contribution in [0.15, 0.2) is 18.2 Å². The van der Waals surface area contributed by atoms with E-state index in [9.17, 15) is 18.7 Å². The van der Waals surface area contributed by atoms with Crippen molar-refractivity contribution in [2.75, 3.05) is 40.4 Å². The largest absolute Gasteiger partial charge is 0.586 e. The number of urea groups is 1. The number of amides is 2. The Morgan fingerprint density at radius 3 is 2.74 bits per heavy atom. The summed E-state index contributed by atoms with van der Waals surface area (Å²) < 4.78 is 42.8. The van der Waals surface area contributed by atoms with Crippen LogP contribution in [0.4, 0.5) is 13.6 Å². The van der Waals surface area contributed by atoms with E-state index in [1.165, 1.54) is 38.2 Å². The average molecular weight is 554 g/mol. The predicted molar refractivity (Wildman–Crippen MR) is 144 cm³/mol. The lowest BCUT2D eigenvalue weighted by molar-refractivity contribution is -0.287. The number of halogens is 2. The molecule has 0 aromatic heterocycles. The number of benzene rings is 1. The Morgan fingerprint density at radius 2 is 2.00 bits per heavy atom. The number of unbranched alkanes of at least 4 members (excludes halogenated alkanes) is 1. The van der Waals surface area contributed by atoms with E-state index in [4.69, 9.17) is 9.47 Å². The summed E-state index contributed by atoms with van der Waals surface area (Å²) in [6.45, 7) is 2.14. The number of ether oxygens (including phenoxy) is 3. The molecule has 0 spiro atoms. The van der Waals surface area contributed by atoms with Gasteiger partial charge in [-0.3, -0.25) is 0 Å². The molecular formula is C29H45F2N3O5. The molecule has 8 nitrogen and oxygen atoms in total. The standard InChI is InChI=1S/C29H45F2N3O5/c1-32-19-23(18-21-10-4-3-5-11-21)33-27(35)34-16-9-12-22(20-34)28(36,15-6-7-17-37-2)24-13-8-14-25-26(24)39-29(30,31)38-25/h8,13-14,21-23,32,36H,3-7,9-12,15-20H2,1-2H3,(H,33,35). The Hall–Kier alpha value is -2.17. The Balaban J connectivity index is 1.50. The number of nitrogens with one attached hydrogen (secondary N) is 2. The summed E-state index contributed by atoms with van der Waals surface area (Å²) in [6.07, 6.45) is 6.43. The normalized spacial score (nSPS) is 23.3. The highest BCUT2D eigenvalue weighted by Gasteiger charge is 2.49. The second kappa shape index (κ2) is 13.5. The SMILES string of the molecule is CNCC(CC1CCCCC1)NC(=O)N1CCCC(C(O)(CCCCOC)c2cccc3c2OC(F)(F)O3)C1. The van der Waals surface area contributed by atoms with Crippen LogP contribution in [0.3, 0.4) is 0 Å². The number of nitrogens with zero attached hydrogens (tertiary/aromatic N) is 1. The molecule has 10 heteroatoms. The molecule has 2 fully saturated rings. The number of likely N-dealkylation sites (tertiary alicyclic amines) is 1. The van der Waals surface area contributed by atoms with Gasteiger partial charge in [-0.05, 0) is 57.6 Å². The zero-order valence-electron chi connectivity index (χ0n) is 23.4. The molecule has 1 aromatic rings. The van der Waals surface area contributed by atoms with E-state index in [0.717, 1.165) is 6.42 Å². The summed E-state index contributed by atoms with van der Waals surface area (Å²) in [4.78, 5) is 15.2. The van der Waals surface area contributed by atoms with E-state index in [1.807, 2.05) is 7.05 Å². The van der Waals surface area contributed by atoms with Crippen molar-refractivity contribution < 1.29 is 32.9 Å². The zero-order chi connectivity index (χ0) is 27.9. The molecule has 39 heavy (non-hydrogen) atoms. The number of hydrogen-bond donors (Lipinski definition) is 3. The molecule has 3 aliphatic rings. The Bertz CT molecular complexity index is 945. The van der Waals surface area contributed by atoms with E-state index < -0.39 is 11.9 Å². The van der Waals surface area contributed by atoms with Gasteiger partial charge in [-0.2, -0.15) is 0 Å². The minimum Gasteiger partial charge on any atom is -0.395 e. The topological polar surface area (TPSA) is 92.3 Å². The number of para-hydroxylation sites is 1. The molecule has 4 rings (SSSR count). The number of carbonyl (C=O) groups is 1. The quantitative estimate of drug-likeness (QED) is 0.316. The first kappa shape index (κ1) is 29.8. The van der Waals surface area contributed by atoms with Crippen LogP contribution in [-0.4, -0.2) is 68.8 Å². The predicted octanol–water partition coefficient (Wildman–Crippen LogP) is 4.99. The fraction of sp³-hybridized carbons (Fsp3) is 0.759. The summed E-state index contributed by atoms with van der Waals surface area (Å²) in [5.74, 6) is 0.0601. The zero-order valence-corrected chi connectivity index (χ0v) is 23.4. The molecular weight excluding hydrogens is 508 g/mol. The lowest BCUT2D eigenvalue weighted by Crippen LogP contribution is -2.54. The monoisotopic (exact) mass is 553 g/mol. The van der Waals surface area contributed by atoms with Crippen molar-refractivity contribution in [1.82, 2.24) is 15.5 Å². The number of fused-ring (bicyclic) bond motifs is 1. The number of hydrogen-bond acceptors (Lipinski definition) is 6. The van der Waals surface area contributed by atoms with Gasteiger partial charge in [-0.15, -0.1) is 8.78 Å². The Kier molecular flexibility index (Phi) is 10.3. The van der Waals surface area contributed by atoms with Gasteiger partial charge in [0.1, 0.15) is 0 Å². The maximum atomic E-state index is 14.0. The van der Waals surface area contributed by atoms with Crippen LogP contribution in [0.25, 0.3) is 0 Å². The molecule has 3 atom stereocenters. The van der Waals surface area contributed by atoms with E-state index >= 15 is 0 Å². The van der Waals surface area contributed by atoms with E-state index in [0.29, 0.717) is 64.3 Å². The first-order valence-corrected chi connectivity index (χ1v) is 14.6. The van der Waals surface area contributed by atoms with Gasteiger partial charge >= 0.3 is 12.3 Å². The molecule has 2 heterocycles. The third-order valence-corrected chi connectivity index (χ3v) is 8.56. The second-order valence-electron chi connectivity index (χ2n) is 11.4. The van der Waals surface area contributed by atoms with E-state index in [1.54, 1.807) is 24.1 Å². The lowest BCUT2D eigenvalue weighted by Gasteiger charge is -2.43. The number of methoxy groups -OCH3 is 1. The number of likely N-dealkylation sites (N-methyl/N-ethyl adjacent to an activating group) is 1. The van der Waals surface area contributed by atoms with Gasteiger partial charge in [0.05, 0.1) is 5.60 Å². The number of carbonyl (C=O) groups excluding carboxylic acids is 1. The number of aliphatic hydroxyl groups is 1. The van der Waals surface area contributed by atoms with Crippen LogP contribution >= 0.6 is 0 Å². The number of rotatable bonds is 12. The fourth-order valence-electron chi connectivity index (χ4n) is 6.59. The van der Waals surface area contributed by atoms with Gasteiger partial charge in [0.15, 0.2) is 11.5 Å². The minimum atomic E-state index is -3.78. The van der Waals surface area contributed by atoms with Gasteiger partial charge in [-0.25, -0.2) is 4.79 Å². The van der Waals surface area contributed by atoms with Gasteiger partial charge in [0, 0.05) is 50.9 Å². The van der Waals surface area contributed by atoms with Gasteiger partial charge in [-0.1, -0.05) is 44.2 Å². The van der Waals surface area contributed by atoms with Crippen molar-refractivity contribution in [3.05, 3.63) is 23.8 Å². The average Bonchev–Trinajstić information content (AvgIpc) is 3.25. The van der Waals surface area contributed by atoms with Crippen LogP contribution in [0.1, 0.15) is 76.2 Å². The van der Waals surface area contributed by atoms with E-state index in [-0.39, 0.29) is 35.1 Å². The van der Waals surface area contributed by atoms with Gasteiger partial charge < -0.3 is 34.9 Å². The van der Waals surface area contributed by atoms with Crippen LogP contribution in [0.2, 0.25) is 0 Å². The second-order valence-corrected chi connectivity index (χ2v) is 11.4. The molecule has 1 saturated carbocycles. The summed E-state index contributed by atoms with van der Waals surface area (Å²) >= 11 is 0. The van der Waals surface area contributed by atoms with E-state index in [2.05, 4.69) is 15.4 Å². The van der Waals surface area contributed by atoms with Crippen LogP contribution in [0.5, 0.6) is 11.5 Å². The van der Waals surface area contributed by atoms with Crippen LogP contribution in [0, 0.1) is 11.8 Å². The Labute approximate surface area is 230 Å². The summed E-state index contributed by atoms with van der Waals surface area (Å²) in [5.41, 5.74) is -1.19. The van der Waals surface area contributed by atoms with Gasteiger partial charge in [0.2, 0.25) is 0 Å². The minimum absolute atomic E-state index is 0.0316. The highest BCUT2D eigenvalue weighted by molar-refractivity contribution is 5.74. The van der Waals surface area contributed by atoms with Crippen molar-refractivity contribution in [2.24, 2.45) is 11.8 Å². The molecule has 1 aromatic carbocycles. The van der Waals surface area contributed by atoms with Crippen molar-refractivity contribution in [3.63, 3.8) is 0 Å². The summed E-state index contributed by atoms with van der Waals surface area (Å²) in [5, 5.41) is 18.7. The molecule has 2 amide bonds. The molecule has 1 aliphatic carbocycles. The smallest absolute Gasteiger partial charge is 0.395 e. The van der Waals surface area contributed by atoms with Crippen molar-refractivity contribution in [1.29, 1.82) is 0 Å². The summed E-state index contributed by atoms with van der Waals surface area (Å²) in [7, 11) is 3.52. The number of alkyl halides is 2. The maximum Gasteiger partial charge on any atom is 0.586 e. The van der Waals surface area contributed by atoms with Gasteiger partial charge in [0.25, 0.3) is 0 Å². The first-order valence-electron chi connectivity index (χ1n) is 14.6. The summed E-state index contributed by atoms with van der Waals surface area (Å²) in [6, 6.07) is 4.54. The highest BCUT2D eigenvalue weighted by Crippen LogP contribution is 2.50. The maximum absolute atomic E-state index is 14.0. The fourth-order valence-corrected chi connectivity index (χ4v) is 6.59. The van der Waals surface area contributed by atoms with Crippen LogP contribution < -0.4 is 20.1 Å². The molecule has 3 unspecified atom stereocenters. The lowest BCUT2D eigenvalue weighted by atomic mass is 9.73. The molecule has 220 valence electrons. The first-order chi connectivity index (χ1) is 18.8. The van der Waals surface area contributed by atoms with Crippen LogP contribution in [-0.2, 0) is 10.3 Å². The van der Waals surface area contributed by atoms with Crippen molar-refractivity contribution in [2.45, 2.75) is 88.6 Å². The molecule has 2 aliphatic heterocycles. The third-order valence-electron chi connectivity index (χ3n) is 8.56. The molecule has 3 N–H and O–H groups in total. The van der Waals surface area contributed by atoms with Crippen molar-refractivity contribution in [3.8, 4) is 11.5 Å². The van der Waals surface area contributed by atoms with Crippen molar-refractivity contribution >= 4 is 6.03 Å². The Morgan fingerprint density at radius 1 is 1.21 bits per heavy atom. The molecule has 0 radical (unpaired) electrons. The third kappa shape index (κ3) is 7.52. The molecule has 1 saturated heterocycles.